The minimum Gasteiger partial charge on any atom is -0.481 e. The lowest BCUT2D eigenvalue weighted by atomic mass is 9.90. The van der Waals surface area contributed by atoms with E-state index >= 15 is 0 Å². The molecule has 0 radical (unpaired) electrons. The molecular formula is C11H8ClF3O3. The first-order valence-corrected chi connectivity index (χ1v) is 5.41. The lowest BCUT2D eigenvalue weighted by Crippen LogP contribution is -2.47. The maximum Gasteiger partial charge on any atom is 0.426 e. The molecule has 2 atom stereocenters. The van der Waals surface area contributed by atoms with Gasteiger partial charge in [-0.2, -0.15) is 13.2 Å². The monoisotopic (exact) mass is 280 g/mol. The molecule has 1 aromatic carbocycles. The molecule has 0 fully saturated rings. The summed E-state index contributed by atoms with van der Waals surface area (Å²) in [4.78, 5) is 10.9. The number of alkyl halides is 3. The third kappa shape index (κ3) is 2.38. The van der Waals surface area contributed by atoms with E-state index in [0.717, 1.165) is 0 Å². The first-order valence-electron chi connectivity index (χ1n) is 5.03. The van der Waals surface area contributed by atoms with Crippen molar-refractivity contribution in [2.24, 2.45) is 5.92 Å². The lowest BCUT2D eigenvalue weighted by molar-refractivity contribution is -0.217. The summed E-state index contributed by atoms with van der Waals surface area (Å²) in [6.07, 6.45) is -7.31. The number of carboxylic acid groups (broad SMARTS) is 1. The molecule has 0 aromatic heterocycles. The Morgan fingerprint density at radius 3 is 2.67 bits per heavy atom. The summed E-state index contributed by atoms with van der Waals surface area (Å²) in [6, 6.07) is 4.13. The maximum atomic E-state index is 12.7. The van der Waals surface area contributed by atoms with Crippen LogP contribution in [0.15, 0.2) is 18.2 Å². The van der Waals surface area contributed by atoms with Gasteiger partial charge in [0.2, 0.25) is 6.10 Å². The highest BCUT2D eigenvalue weighted by Crippen LogP contribution is 2.39. The van der Waals surface area contributed by atoms with Gasteiger partial charge in [-0.25, -0.2) is 0 Å². The van der Waals surface area contributed by atoms with Crippen molar-refractivity contribution in [2.75, 3.05) is 0 Å². The number of benzene rings is 1. The van der Waals surface area contributed by atoms with Crippen LogP contribution in [0.5, 0.6) is 5.75 Å². The molecule has 3 nitrogen and oxygen atoms in total. The molecule has 0 unspecified atom stereocenters. The van der Waals surface area contributed by atoms with E-state index in [1.165, 1.54) is 18.2 Å². The second kappa shape index (κ2) is 4.35. The van der Waals surface area contributed by atoms with Crippen LogP contribution in [0.1, 0.15) is 5.56 Å². The van der Waals surface area contributed by atoms with Crippen molar-refractivity contribution in [2.45, 2.75) is 18.7 Å². The van der Waals surface area contributed by atoms with Crippen molar-refractivity contribution in [3.63, 3.8) is 0 Å². The van der Waals surface area contributed by atoms with E-state index in [4.69, 9.17) is 21.4 Å². The number of aliphatic carboxylic acids is 1. The molecule has 7 heteroatoms. The van der Waals surface area contributed by atoms with E-state index in [1.54, 1.807) is 0 Å². The molecule has 0 spiro atoms. The second-order valence-electron chi connectivity index (χ2n) is 3.98. The summed E-state index contributed by atoms with van der Waals surface area (Å²) in [5, 5.41) is 9.18. The number of halogens is 4. The number of rotatable bonds is 1. The van der Waals surface area contributed by atoms with Crippen LogP contribution in [0, 0.1) is 5.92 Å². The van der Waals surface area contributed by atoms with Crippen molar-refractivity contribution in [3.8, 4) is 5.75 Å². The van der Waals surface area contributed by atoms with Gasteiger partial charge in [0.15, 0.2) is 0 Å². The summed E-state index contributed by atoms with van der Waals surface area (Å²) in [5.74, 6) is -3.17. The van der Waals surface area contributed by atoms with Crippen molar-refractivity contribution in [1.82, 2.24) is 0 Å². The van der Waals surface area contributed by atoms with Crippen LogP contribution in [0.2, 0.25) is 5.02 Å². The summed E-state index contributed by atoms with van der Waals surface area (Å²) < 4.78 is 42.9. The highest BCUT2D eigenvalue weighted by atomic mass is 35.5. The van der Waals surface area contributed by atoms with Gasteiger partial charge < -0.3 is 9.84 Å². The van der Waals surface area contributed by atoms with Crippen LogP contribution in [0.3, 0.4) is 0 Å². The Hall–Kier alpha value is -1.43. The smallest absolute Gasteiger partial charge is 0.426 e. The van der Waals surface area contributed by atoms with Crippen molar-refractivity contribution in [1.29, 1.82) is 0 Å². The van der Waals surface area contributed by atoms with Gasteiger partial charge in [-0.05, 0) is 30.2 Å². The Balaban J connectivity index is 2.40. The normalized spacial score (nSPS) is 23.1. The topological polar surface area (TPSA) is 46.5 Å². The van der Waals surface area contributed by atoms with Gasteiger partial charge in [-0.1, -0.05) is 11.6 Å². The number of hydrogen-bond acceptors (Lipinski definition) is 2. The maximum absolute atomic E-state index is 12.7. The standard InChI is InChI=1S/C11H8ClF3O3/c12-6-1-2-8-5(3-6)4-7(10(16)17)9(18-8)11(13,14)15/h1-3,7,9H,4H2,(H,16,17)/t7-,9-/m0/s1. The molecule has 0 saturated carbocycles. The summed E-state index contributed by atoms with van der Waals surface area (Å²) >= 11 is 5.71. The molecular weight excluding hydrogens is 273 g/mol. The molecule has 0 aliphatic carbocycles. The first-order chi connectivity index (χ1) is 8.29. The van der Waals surface area contributed by atoms with E-state index < -0.39 is 24.2 Å². The number of carboxylic acids is 1. The lowest BCUT2D eigenvalue weighted by Gasteiger charge is -2.32. The number of fused-ring (bicyclic) bond motifs is 1. The van der Waals surface area contributed by atoms with E-state index in [0.29, 0.717) is 10.6 Å². The summed E-state index contributed by atoms with van der Waals surface area (Å²) in [5.41, 5.74) is 0.371. The minimum atomic E-state index is -4.72. The molecule has 0 amide bonds. The molecule has 1 aliphatic rings. The highest BCUT2D eigenvalue weighted by molar-refractivity contribution is 6.30. The molecule has 2 rings (SSSR count). The fourth-order valence-corrected chi connectivity index (χ4v) is 2.09. The van der Waals surface area contributed by atoms with E-state index in [9.17, 15) is 18.0 Å². The van der Waals surface area contributed by atoms with Gasteiger partial charge in [0, 0.05) is 5.02 Å². The number of carbonyl (C=O) groups is 1. The first kappa shape index (κ1) is 13.0. The molecule has 1 aliphatic heterocycles. The van der Waals surface area contributed by atoms with Crippen LogP contribution < -0.4 is 4.74 Å². The van der Waals surface area contributed by atoms with Gasteiger partial charge in [0.05, 0.1) is 0 Å². The van der Waals surface area contributed by atoms with Gasteiger partial charge >= 0.3 is 12.1 Å². The Morgan fingerprint density at radius 1 is 1.44 bits per heavy atom. The summed E-state index contributed by atoms with van der Waals surface area (Å²) in [7, 11) is 0. The van der Waals surface area contributed by atoms with Crippen LogP contribution in [0.4, 0.5) is 13.2 Å². The zero-order chi connectivity index (χ0) is 13.5. The van der Waals surface area contributed by atoms with E-state index in [1.807, 2.05) is 0 Å². The van der Waals surface area contributed by atoms with Crippen molar-refractivity contribution < 1.29 is 27.8 Å². The van der Waals surface area contributed by atoms with Crippen LogP contribution in [-0.2, 0) is 11.2 Å². The fraction of sp³-hybridized carbons (Fsp3) is 0.364. The zero-order valence-corrected chi connectivity index (χ0v) is 9.63. The average molecular weight is 281 g/mol. The SMILES string of the molecule is O=C(O)[C@H]1Cc2cc(Cl)ccc2O[C@@H]1C(F)(F)F. The summed E-state index contributed by atoms with van der Waals surface area (Å²) in [6.45, 7) is 0. The Labute approximate surface area is 105 Å². The van der Waals surface area contributed by atoms with Crippen LogP contribution >= 0.6 is 11.6 Å². The van der Waals surface area contributed by atoms with E-state index in [2.05, 4.69) is 0 Å². The van der Waals surface area contributed by atoms with Gasteiger partial charge in [0.25, 0.3) is 0 Å². The molecule has 1 aromatic rings. The Kier molecular flexibility index (Phi) is 3.14. The molecule has 98 valence electrons. The molecule has 0 bridgehead atoms. The Morgan fingerprint density at radius 2 is 2.11 bits per heavy atom. The molecule has 1 heterocycles. The quantitative estimate of drug-likeness (QED) is 0.860. The second-order valence-corrected chi connectivity index (χ2v) is 4.42. The largest absolute Gasteiger partial charge is 0.481 e. The number of hydrogen-bond donors (Lipinski definition) is 1. The van der Waals surface area contributed by atoms with Crippen molar-refractivity contribution in [3.05, 3.63) is 28.8 Å². The minimum absolute atomic E-state index is 0.0271. The third-order valence-electron chi connectivity index (χ3n) is 2.72. The van der Waals surface area contributed by atoms with Gasteiger partial charge in [-0.15, -0.1) is 0 Å². The Bertz CT molecular complexity index is 487. The highest BCUT2D eigenvalue weighted by Gasteiger charge is 2.52. The predicted molar refractivity (Wildman–Crippen MR) is 56.8 cm³/mol. The molecule has 0 saturated heterocycles. The number of ether oxygens (including phenoxy) is 1. The fourth-order valence-electron chi connectivity index (χ4n) is 1.90. The third-order valence-corrected chi connectivity index (χ3v) is 2.96. The molecule has 18 heavy (non-hydrogen) atoms. The van der Waals surface area contributed by atoms with Gasteiger partial charge in [-0.3, -0.25) is 4.79 Å². The van der Waals surface area contributed by atoms with Crippen LogP contribution in [-0.4, -0.2) is 23.4 Å². The van der Waals surface area contributed by atoms with Crippen molar-refractivity contribution >= 4 is 17.6 Å². The zero-order valence-electron chi connectivity index (χ0n) is 8.87. The predicted octanol–water partition coefficient (Wildman–Crippen LogP) is 2.91. The van der Waals surface area contributed by atoms with E-state index in [-0.39, 0.29) is 12.2 Å². The average Bonchev–Trinajstić information content (AvgIpc) is 2.25. The van der Waals surface area contributed by atoms with Crippen LogP contribution in [0.25, 0.3) is 0 Å². The van der Waals surface area contributed by atoms with Gasteiger partial charge in [0.1, 0.15) is 11.7 Å². The molecule has 1 N–H and O–H groups in total.